The van der Waals surface area contributed by atoms with E-state index in [1.54, 1.807) is 12.5 Å². The molecule has 0 aliphatic carbocycles. The topological polar surface area (TPSA) is 58.9 Å². The minimum Gasteiger partial charge on any atom is -0.340 e. The van der Waals surface area contributed by atoms with E-state index in [2.05, 4.69) is 62.1 Å². The van der Waals surface area contributed by atoms with Crippen LogP contribution in [0.3, 0.4) is 0 Å². The summed E-state index contributed by atoms with van der Waals surface area (Å²) in [5, 5.41) is 4.39. The van der Waals surface area contributed by atoms with Gasteiger partial charge in [-0.05, 0) is 55.3 Å². The molecular weight excluding hydrogens is 384 g/mol. The zero-order valence-corrected chi connectivity index (χ0v) is 17.8. The van der Waals surface area contributed by atoms with Crippen LogP contribution in [0.5, 0.6) is 0 Å². The molecule has 4 aromatic rings. The molecule has 6 nitrogen and oxygen atoms in total. The number of benzene rings is 1. The van der Waals surface area contributed by atoms with Crippen molar-refractivity contribution in [3.8, 4) is 11.3 Å². The Morgan fingerprint density at radius 3 is 2.74 bits per heavy atom. The van der Waals surface area contributed by atoms with E-state index in [9.17, 15) is 0 Å². The SMILES string of the molecule is C=C(Nc1cc2cc(-c3cncn3C)cnc2cn1)c1cccc(CN2CCCC2)c1. The van der Waals surface area contributed by atoms with Gasteiger partial charge in [0.2, 0.25) is 0 Å². The summed E-state index contributed by atoms with van der Waals surface area (Å²) >= 11 is 0. The molecular formula is C25H26N6. The fourth-order valence-corrected chi connectivity index (χ4v) is 4.16. The second-order valence-corrected chi connectivity index (χ2v) is 8.16. The second kappa shape index (κ2) is 8.32. The van der Waals surface area contributed by atoms with Gasteiger partial charge in [-0.1, -0.05) is 24.8 Å². The molecule has 1 N–H and O–H groups in total. The molecule has 4 heterocycles. The predicted molar refractivity (Wildman–Crippen MR) is 125 cm³/mol. The lowest BCUT2D eigenvalue weighted by molar-refractivity contribution is 0.331. The lowest BCUT2D eigenvalue weighted by atomic mass is 10.1. The van der Waals surface area contributed by atoms with Gasteiger partial charge in [0, 0.05) is 36.4 Å². The molecule has 6 heteroatoms. The summed E-state index contributed by atoms with van der Waals surface area (Å²) in [4.78, 5) is 15.8. The lowest BCUT2D eigenvalue weighted by Gasteiger charge is -2.16. The Morgan fingerprint density at radius 2 is 1.94 bits per heavy atom. The third-order valence-corrected chi connectivity index (χ3v) is 5.84. The Labute approximate surface area is 182 Å². The van der Waals surface area contributed by atoms with Crippen LogP contribution in [0.4, 0.5) is 5.82 Å². The molecule has 0 atom stereocenters. The van der Waals surface area contributed by atoms with Crippen LogP contribution in [0.25, 0.3) is 27.9 Å². The van der Waals surface area contributed by atoms with E-state index >= 15 is 0 Å². The molecule has 0 amide bonds. The highest BCUT2D eigenvalue weighted by molar-refractivity contribution is 5.86. The highest BCUT2D eigenvalue weighted by Crippen LogP contribution is 2.25. The quantitative estimate of drug-likeness (QED) is 0.499. The maximum absolute atomic E-state index is 4.56. The smallest absolute Gasteiger partial charge is 0.131 e. The largest absolute Gasteiger partial charge is 0.340 e. The first-order valence-corrected chi connectivity index (χ1v) is 10.7. The molecule has 1 aliphatic rings. The molecule has 0 spiro atoms. The normalized spacial score (nSPS) is 14.2. The van der Waals surface area contributed by atoms with E-state index in [-0.39, 0.29) is 0 Å². The van der Waals surface area contributed by atoms with Crippen LogP contribution < -0.4 is 5.32 Å². The van der Waals surface area contributed by atoms with Gasteiger partial charge in [-0.15, -0.1) is 0 Å². The van der Waals surface area contributed by atoms with E-state index in [0.29, 0.717) is 0 Å². The fraction of sp³-hybridized carbons (Fsp3) is 0.240. The molecule has 156 valence electrons. The van der Waals surface area contributed by atoms with Crippen molar-refractivity contribution >= 4 is 22.4 Å². The highest BCUT2D eigenvalue weighted by atomic mass is 15.1. The Morgan fingerprint density at radius 1 is 1.06 bits per heavy atom. The van der Waals surface area contributed by atoms with Gasteiger partial charge in [0.15, 0.2) is 0 Å². The van der Waals surface area contributed by atoms with E-state index in [4.69, 9.17) is 0 Å². The maximum Gasteiger partial charge on any atom is 0.131 e. The maximum atomic E-state index is 4.56. The van der Waals surface area contributed by atoms with Crippen molar-refractivity contribution in [2.75, 3.05) is 18.4 Å². The van der Waals surface area contributed by atoms with Crippen LogP contribution >= 0.6 is 0 Å². The minimum atomic E-state index is 0.756. The molecule has 3 aromatic heterocycles. The molecule has 0 saturated carbocycles. The first-order valence-electron chi connectivity index (χ1n) is 10.7. The Kier molecular flexibility index (Phi) is 5.22. The molecule has 1 fully saturated rings. The Balaban J connectivity index is 1.36. The molecule has 1 aromatic carbocycles. The van der Waals surface area contributed by atoms with Crippen molar-refractivity contribution in [3.05, 3.63) is 79.0 Å². The number of aryl methyl sites for hydroxylation is 1. The number of hydrogen-bond acceptors (Lipinski definition) is 5. The molecule has 5 rings (SSSR count). The minimum absolute atomic E-state index is 0.756. The van der Waals surface area contributed by atoms with E-state index in [1.807, 2.05) is 30.1 Å². The molecule has 0 radical (unpaired) electrons. The number of rotatable bonds is 6. The summed E-state index contributed by atoms with van der Waals surface area (Å²) in [5.74, 6) is 0.756. The highest BCUT2D eigenvalue weighted by Gasteiger charge is 2.12. The number of pyridine rings is 2. The van der Waals surface area contributed by atoms with Gasteiger partial charge in [0.1, 0.15) is 5.82 Å². The Hall–Kier alpha value is -3.51. The number of aromatic nitrogens is 4. The van der Waals surface area contributed by atoms with Gasteiger partial charge in [0.05, 0.1) is 29.9 Å². The molecule has 1 saturated heterocycles. The van der Waals surface area contributed by atoms with E-state index < -0.39 is 0 Å². The molecule has 0 unspecified atom stereocenters. The molecule has 31 heavy (non-hydrogen) atoms. The van der Waals surface area contributed by atoms with Gasteiger partial charge in [-0.2, -0.15) is 0 Å². The molecule has 1 aliphatic heterocycles. The number of anilines is 1. The van der Waals surface area contributed by atoms with Crippen LogP contribution in [0.15, 0.2) is 67.9 Å². The van der Waals surface area contributed by atoms with Crippen LogP contribution in [-0.4, -0.2) is 37.5 Å². The zero-order valence-electron chi connectivity index (χ0n) is 17.8. The van der Waals surface area contributed by atoms with Crippen LogP contribution in [0.1, 0.15) is 24.0 Å². The third kappa shape index (κ3) is 4.20. The van der Waals surface area contributed by atoms with Crippen LogP contribution in [0, 0.1) is 0 Å². The van der Waals surface area contributed by atoms with Crippen molar-refractivity contribution in [1.29, 1.82) is 0 Å². The first kappa shape index (κ1) is 19.5. The van der Waals surface area contributed by atoms with Crippen LogP contribution in [-0.2, 0) is 13.6 Å². The van der Waals surface area contributed by atoms with Gasteiger partial charge >= 0.3 is 0 Å². The van der Waals surface area contributed by atoms with E-state index in [1.165, 1.54) is 31.5 Å². The van der Waals surface area contributed by atoms with Gasteiger partial charge in [0.25, 0.3) is 0 Å². The van der Waals surface area contributed by atoms with Crippen molar-refractivity contribution in [2.45, 2.75) is 19.4 Å². The average molecular weight is 411 g/mol. The fourth-order valence-electron chi connectivity index (χ4n) is 4.16. The number of imidazole rings is 1. The number of fused-ring (bicyclic) bond motifs is 1. The second-order valence-electron chi connectivity index (χ2n) is 8.16. The third-order valence-electron chi connectivity index (χ3n) is 5.84. The summed E-state index contributed by atoms with van der Waals surface area (Å²) < 4.78 is 1.99. The predicted octanol–water partition coefficient (Wildman–Crippen LogP) is 4.71. The number of nitrogens with zero attached hydrogens (tertiary/aromatic N) is 5. The summed E-state index contributed by atoms with van der Waals surface area (Å²) in [6.45, 7) is 7.64. The monoisotopic (exact) mass is 410 g/mol. The van der Waals surface area contributed by atoms with Crippen molar-refractivity contribution < 1.29 is 0 Å². The first-order chi connectivity index (χ1) is 15.2. The van der Waals surface area contributed by atoms with Gasteiger partial charge in [-0.3, -0.25) is 9.88 Å². The van der Waals surface area contributed by atoms with Gasteiger partial charge < -0.3 is 9.88 Å². The summed E-state index contributed by atoms with van der Waals surface area (Å²) in [6, 6.07) is 12.7. The van der Waals surface area contributed by atoms with Gasteiger partial charge in [-0.25, -0.2) is 9.97 Å². The van der Waals surface area contributed by atoms with Crippen molar-refractivity contribution in [3.63, 3.8) is 0 Å². The number of likely N-dealkylation sites (tertiary alicyclic amines) is 1. The standard InChI is InChI=1S/C25H26N6/c1-18(20-7-5-6-19(10-20)16-31-8-3-4-9-31)29-25-12-21-11-22(13-27-23(21)14-28-25)24-15-26-17-30(24)2/h5-7,10-15,17H,1,3-4,8-9,16H2,2H3,(H,28,29). The lowest BCUT2D eigenvalue weighted by Crippen LogP contribution is -2.18. The van der Waals surface area contributed by atoms with E-state index in [0.717, 1.165) is 45.8 Å². The molecule has 0 bridgehead atoms. The zero-order chi connectivity index (χ0) is 21.2. The van der Waals surface area contributed by atoms with Crippen molar-refractivity contribution in [1.82, 2.24) is 24.4 Å². The van der Waals surface area contributed by atoms with Crippen molar-refractivity contribution in [2.24, 2.45) is 7.05 Å². The summed E-state index contributed by atoms with van der Waals surface area (Å²) in [5.41, 5.74) is 6.15. The summed E-state index contributed by atoms with van der Waals surface area (Å²) in [6.07, 6.45) is 9.90. The van der Waals surface area contributed by atoms with Crippen LogP contribution in [0.2, 0.25) is 0 Å². The number of hydrogen-bond donors (Lipinski definition) is 1. The Bertz CT molecular complexity index is 1240. The summed E-state index contributed by atoms with van der Waals surface area (Å²) in [7, 11) is 1.98. The average Bonchev–Trinajstić information content (AvgIpc) is 3.45. The number of nitrogens with one attached hydrogen (secondary N) is 1.